The van der Waals surface area contributed by atoms with E-state index in [2.05, 4.69) is 5.32 Å². The van der Waals surface area contributed by atoms with Gasteiger partial charge in [0.25, 0.3) is 0 Å². The number of thiophene rings is 1. The molecular weight excluding hydrogens is 298 g/mol. The normalized spacial score (nSPS) is 13.5. The fraction of sp³-hybridized carbons (Fsp3) is 0.294. The molecule has 22 heavy (non-hydrogen) atoms. The van der Waals surface area contributed by atoms with Crippen LogP contribution in [0.25, 0.3) is 0 Å². The lowest BCUT2D eigenvalue weighted by Crippen LogP contribution is -2.25. The number of hydrogen-bond donors (Lipinski definition) is 1. The van der Waals surface area contributed by atoms with Gasteiger partial charge in [-0.2, -0.15) is 0 Å². The second kappa shape index (κ2) is 6.32. The van der Waals surface area contributed by atoms with Crippen LogP contribution < -0.4 is 10.4 Å². The van der Waals surface area contributed by atoms with Crippen LogP contribution in [0.5, 0.6) is 0 Å². The van der Waals surface area contributed by atoms with Gasteiger partial charge >= 0.3 is 0 Å². The van der Waals surface area contributed by atoms with Gasteiger partial charge in [-0.15, -0.1) is 11.3 Å². The van der Waals surface area contributed by atoms with Crippen LogP contribution in [0, 0.1) is 0 Å². The van der Waals surface area contributed by atoms with Crippen molar-refractivity contribution >= 4 is 28.2 Å². The molecule has 1 aromatic heterocycles. The Morgan fingerprint density at radius 3 is 2.59 bits per heavy atom. The first-order chi connectivity index (χ1) is 10.6. The molecule has 1 aliphatic carbocycles. The van der Waals surface area contributed by atoms with Crippen molar-refractivity contribution in [2.75, 3.05) is 5.32 Å². The molecule has 0 atom stereocenters. The van der Waals surface area contributed by atoms with Crippen LogP contribution in [-0.4, -0.2) is 11.9 Å². The summed E-state index contributed by atoms with van der Waals surface area (Å²) in [5, 5.41) is 14.6. The molecule has 1 N–H and O–H groups in total. The van der Waals surface area contributed by atoms with Crippen molar-refractivity contribution in [3.63, 3.8) is 0 Å². The van der Waals surface area contributed by atoms with Crippen LogP contribution in [0.3, 0.4) is 0 Å². The molecule has 0 unspecified atom stereocenters. The van der Waals surface area contributed by atoms with E-state index in [9.17, 15) is 14.7 Å². The summed E-state index contributed by atoms with van der Waals surface area (Å²) >= 11 is 1.38. The highest BCUT2D eigenvalue weighted by Crippen LogP contribution is 2.37. The molecule has 1 amide bonds. The molecule has 5 heteroatoms. The van der Waals surface area contributed by atoms with E-state index >= 15 is 0 Å². The van der Waals surface area contributed by atoms with E-state index in [1.807, 2.05) is 30.3 Å². The Bertz CT molecular complexity index is 706. The van der Waals surface area contributed by atoms with E-state index in [1.54, 1.807) is 0 Å². The zero-order chi connectivity index (χ0) is 15.5. The number of nitrogens with one attached hydrogen (secondary N) is 1. The maximum Gasteiger partial charge on any atom is 0.229 e. The smallest absolute Gasteiger partial charge is 0.229 e. The third kappa shape index (κ3) is 3.04. The summed E-state index contributed by atoms with van der Waals surface area (Å²) in [6.45, 7) is 0. The minimum atomic E-state index is -1.20. The van der Waals surface area contributed by atoms with Crippen molar-refractivity contribution in [2.24, 2.45) is 0 Å². The summed E-state index contributed by atoms with van der Waals surface area (Å²) in [5.41, 5.74) is 1.93. The van der Waals surface area contributed by atoms with Crippen molar-refractivity contribution < 1.29 is 14.7 Å². The second-order valence-electron chi connectivity index (χ2n) is 5.41. The fourth-order valence-electron chi connectivity index (χ4n) is 2.82. The Hall–Kier alpha value is -2.14. The highest BCUT2D eigenvalue weighted by molar-refractivity contribution is 7.17. The minimum absolute atomic E-state index is 0.182. The van der Waals surface area contributed by atoms with Crippen LogP contribution in [0.15, 0.2) is 30.3 Å². The van der Waals surface area contributed by atoms with Crippen molar-refractivity contribution in [3.8, 4) is 0 Å². The number of carbonyl (C=O) groups is 2. The van der Waals surface area contributed by atoms with Crippen molar-refractivity contribution in [2.45, 2.75) is 32.1 Å². The highest BCUT2D eigenvalue weighted by atomic mass is 32.1. The largest absolute Gasteiger partial charge is 0.545 e. The molecule has 2 aromatic rings. The predicted molar refractivity (Wildman–Crippen MR) is 84.1 cm³/mol. The van der Waals surface area contributed by atoms with Gasteiger partial charge in [0, 0.05) is 10.4 Å². The zero-order valence-electron chi connectivity index (χ0n) is 12.1. The first-order valence-electron chi connectivity index (χ1n) is 7.35. The molecule has 0 saturated carbocycles. The molecule has 1 aromatic carbocycles. The molecule has 0 radical (unpaired) electrons. The number of aryl methyl sites for hydroxylation is 1. The van der Waals surface area contributed by atoms with Gasteiger partial charge in [-0.25, -0.2) is 0 Å². The summed E-state index contributed by atoms with van der Waals surface area (Å²) in [5.74, 6) is -1.40. The summed E-state index contributed by atoms with van der Waals surface area (Å²) < 4.78 is 0. The molecular formula is C17H16NO3S-. The summed E-state index contributed by atoms with van der Waals surface area (Å²) in [6, 6.07) is 9.39. The number of anilines is 1. The van der Waals surface area contributed by atoms with E-state index < -0.39 is 5.97 Å². The van der Waals surface area contributed by atoms with E-state index in [4.69, 9.17) is 0 Å². The monoisotopic (exact) mass is 314 g/mol. The standard InChI is InChI=1S/C17H17NO3S/c19-14(10-11-6-2-1-3-7-11)18-16-15(17(20)21)12-8-4-5-9-13(12)22-16/h1-3,6-7H,4-5,8-10H2,(H,18,19)(H,20,21)/p-1. The Morgan fingerprint density at radius 1 is 1.14 bits per heavy atom. The maximum atomic E-state index is 12.2. The van der Waals surface area contributed by atoms with Gasteiger partial charge in [0.05, 0.1) is 12.4 Å². The van der Waals surface area contributed by atoms with E-state index in [1.165, 1.54) is 11.3 Å². The molecule has 0 spiro atoms. The van der Waals surface area contributed by atoms with Crippen molar-refractivity contribution in [3.05, 3.63) is 51.9 Å². The lowest BCUT2D eigenvalue weighted by atomic mass is 9.95. The van der Waals surface area contributed by atoms with Crippen LogP contribution in [0.4, 0.5) is 5.00 Å². The average molecular weight is 314 g/mol. The summed E-state index contributed by atoms with van der Waals surface area (Å²) in [6.07, 6.45) is 3.92. The van der Waals surface area contributed by atoms with Crippen LogP contribution in [-0.2, 0) is 24.1 Å². The van der Waals surface area contributed by atoms with E-state index in [0.29, 0.717) is 5.00 Å². The lowest BCUT2D eigenvalue weighted by molar-refractivity contribution is -0.254. The number of fused-ring (bicyclic) bond motifs is 1. The van der Waals surface area contributed by atoms with Crippen molar-refractivity contribution in [1.82, 2.24) is 0 Å². The number of carbonyl (C=O) groups excluding carboxylic acids is 2. The molecule has 3 rings (SSSR count). The molecule has 0 bridgehead atoms. The maximum absolute atomic E-state index is 12.2. The molecule has 0 fully saturated rings. The molecule has 0 saturated heterocycles. The summed E-state index contributed by atoms with van der Waals surface area (Å²) in [7, 11) is 0. The number of benzene rings is 1. The van der Waals surface area contributed by atoms with Crippen molar-refractivity contribution in [1.29, 1.82) is 0 Å². The minimum Gasteiger partial charge on any atom is -0.545 e. The SMILES string of the molecule is O=C(Cc1ccccc1)Nc1sc2c(c1C(=O)[O-])CCCC2. The van der Waals surface area contributed by atoms with Crippen LogP contribution in [0.1, 0.15) is 39.2 Å². The Labute approximate surface area is 132 Å². The predicted octanol–water partition coefficient (Wildman–Crippen LogP) is 2.17. The number of amides is 1. The Morgan fingerprint density at radius 2 is 1.86 bits per heavy atom. The first kappa shape index (κ1) is 14.8. The third-order valence-electron chi connectivity index (χ3n) is 3.84. The number of carboxylic acids is 1. The molecule has 1 aliphatic rings. The van der Waals surface area contributed by atoms with E-state index in [-0.39, 0.29) is 17.9 Å². The molecule has 0 aliphatic heterocycles. The topological polar surface area (TPSA) is 69.2 Å². The molecule has 4 nitrogen and oxygen atoms in total. The zero-order valence-corrected chi connectivity index (χ0v) is 12.9. The third-order valence-corrected chi connectivity index (χ3v) is 5.04. The second-order valence-corrected chi connectivity index (χ2v) is 6.52. The molecule has 1 heterocycles. The first-order valence-corrected chi connectivity index (χ1v) is 8.16. The number of rotatable bonds is 4. The lowest BCUT2D eigenvalue weighted by Gasteiger charge is -2.13. The number of carboxylic acid groups (broad SMARTS) is 1. The van der Waals surface area contributed by atoms with Crippen LogP contribution >= 0.6 is 11.3 Å². The number of hydrogen-bond acceptors (Lipinski definition) is 4. The van der Waals surface area contributed by atoms with Gasteiger partial charge in [0.1, 0.15) is 5.00 Å². The Kier molecular flexibility index (Phi) is 4.24. The summed E-state index contributed by atoms with van der Waals surface area (Å²) in [4.78, 5) is 24.7. The van der Waals surface area contributed by atoms with Gasteiger partial charge in [0.2, 0.25) is 5.91 Å². The highest BCUT2D eigenvalue weighted by Gasteiger charge is 2.22. The quantitative estimate of drug-likeness (QED) is 0.940. The van der Waals surface area contributed by atoms with Gasteiger partial charge < -0.3 is 15.2 Å². The fourth-order valence-corrected chi connectivity index (χ4v) is 4.12. The van der Waals surface area contributed by atoms with Crippen LogP contribution in [0.2, 0.25) is 0 Å². The Balaban J connectivity index is 1.81. The van der Waals surface area contributed by atoms with Gasteiger partial charge in [-0.1, -0.05) is 30.3 Å². The van der Waals surface area contributed by atoms with Gasteiger partial charge in [0.15, 0.2) is 0 Å². The van der Waals surface area contributed by atoms with E-state index in [0.717, 1.165) is 41.7 Å². The molecule has 114 valence electrons. The van der Waals surface area contributed by atoms with Gasteiger partial charge in [-0.3, -0.25) is 4.79 Å². The van der Waals surface area contributed by atoms with Gasteiger partial charge in [-0.05, 0) is 36.8 Å². The number of aromatic carboxylic acids is 1. The average Bonchev–Trinajstić information content (AvgIpc) is 2.85.